The van der Waals surface area contributed by atoms with E-state index in [2.05, 4.69) is 120 Å². The molecule has 0 saturated heterocycles. The molecular weight excluding hydrogens is 478 g/mol. The summed E-state index contributed by atoms with van der Waals surface area (Å²) in [5.41, 5.74) is 8.96. The largest absolute Gasteiger partial charge is 0.455 e. The van der Waals surface area contributed by atoms with Crippen molar-refractivity contribution in [3.63, 3.8) is 0 Å². The minimum atomic E-state index is 0.869. The molecule has 0 aliphatic carbocycles. The quantitative estimate of drug-likeness (QED) is 0.237. The summed E-state index contributed by atoms with van der Waals surface area (Å²) < 4.78 is 15.6. The number of fused-ring (bicyclic) bond motifs is 9. The van der Waals surface area contributed by atoms with E-state index in [1.807, 2.05) is 12.1 Å². The van der Waals surface area contributed by atoms with E-state index in [-0.39, 0.29) is 0 Å². The molecule has 0 unspecified atom stereocenters. The Hall–Kier alpha value is -5.28. The van der Waals surface area contributed by atoms with Crippen molar-refractivity contribution < 1.29 is 8.83 Å². The summed E-state index contributed by atoms with van der Waals surface area (Å²) in [5.74, 6) is 0. The highest BCUT2D eigenvalue weighted by Gasteiger charge is 2.20. The Labute approximate surface area is 223 Å². The van der Waals surface area contributed by atoms with Crippen molar-refractivity contribution in [3.05, 3.63) is 127 Å². The minimum absolute atomic E-state index is 0.869. The van der Waals surface area contributed by atoms with Gasteiger partial charge in [-0.25, -0.2) is 0 Å². The van der Waals surface area contributed by atoms with Gasteiger partial charge in [0.15, 0.2) is 5.58 Å². The van der Waals surface area contributed by atoms with Gasteiger partial charge in [-0.3, -0.25) is 0 Å². The van der Waals surface area contributed by atoms with Crippen LogP contribution in [0, 0.1) is 0 Å². The van der Waals surface area contributed by atoms with Crippen molar-refractivity contribution in [1.29, 1.82) is 0 Å². The summed E-state index contributed by atoms with van der Waals surface area (Å²) in [6, 6.07) is 44.6. The van der Waals surface area contributed by atoms with Gasteiger partial charge in [-0.15, -0.1) is 0 Å². The third-order valence-corrected chi connectivity index (χ3v) is 8.02. The summed E-state index contributed by atoms with van der Waals surface area (Å²) in [5, 5.41) is 6.90. The van der Waals surface area contributed by atoms with Gasteiger partial charge in [0.05, 0.1) is 16.7 Å². The average Bonchev–Trinajstić information content (AvgIpc) is 3.67. The average molecular weight is 500 g/mol. The SMILES string of the molecule is c1ccc2c(c1)oc1c(-c3cccc4c3oc3c(-n5c6ccccc6c6ccccc65)cccc34)cccc12. The van der Waals surface area contributed by atoms with Gasteiger partial charge in [-0.2, -0.15) is 0 Å². The monoisotopic (exact) mass is 499 g/mol. The van der Waals surface area contributed by atoms with Crippen molar-refractivity contribution in [2.75, 3.05) is 0 Å². The van der Waals surface area contributed by atoms with Gasteiger partial charge in [-0.05, 0) is 24.3 Å². The predicted octanol–water partition coefficient (Wildman–Crippen LogP) is 10.2. The molecule has 0 saturated carbocycles. The zero-order valence-electron chi connectivity index (χ0n) is 20.9. The Balaban J connectivity index is 1.38. The lowest BCUT2D eigenvalue weighted by Gasteiger charge is -2.08. The molecule has 0 aliphatic rings. The Morgan fingerprint density at radius 2 is 0.846 bits per heavy atom. The van der Waals surface area contributed by atoms with Gasteiger partial charge in [0.2, 0.25) is 0 Å². The molecule has 9 aromatic rings. The number of furan rings is 2. The molecule has 182 valence electrons. The lowest BCUT2D eigenvalue weighted by Crippen LogP contribution is -1.93. The van der Waals surface area contributed by atoms with Crippen LogP contribution < -0.4 is 0 Å². The molecule has 0 radical (unpaired) electrons. The second-order valence-electron chi connectivity index (χ2n) is 10.1. The Kier molecular flexibility index (Phi) is 4.05. The smallest absolute Gasteiger partial charge is 0.159 e. The van der Waals surface area contributed by atoms with E-state index in [4.69, 9.17) is 8.83 Å². The topological polar surface area (TPSA) is 31.2 Å². The van der Waals surface area contributed by atoms with Crippen molar-refractivity contribution in [2.45, 2.75) is 0 Å². The Morgan fingerprint density at radius 1 is 0.359 bits per heavy atom. The fourth-order valence-electron chi connectivity index (χ4n) is 6.33. The van der Waals surface area contributed by atoms with Crippen LogP contribution in [0.2, 0.25) is 0 Å². The molecule has 3 heterocycles. The molecule has 0 N–H and O–H groups in total. The van der Waals surface area contributed by atoms with E-state index < -0.39 is 0 Å². The first-order valence-electron chi connectivity index (χ1n) is 13.2. The minimum Gasteiger partial charge on any atom is -0.455 e. The number of nitrogens with zero attached hydrogens (tertiary/aromatic N) is 1. The van der Waals surface area contributed by atoms with E-state index in [1.54, 1.807) is 0 Å². The molecule has 0 atom stereocenters. The molecule has 39 heavy (non-hydrogen) atoms. The molecule has 0 fully saturated rings. The first kappa shape index (κ1) is 20.7. The second-order valence-corrected chi connectivity index (χ2v) is 10.1. The molecular formula is C36H21NO2. The standard InChI is InChI=1S/C36H21NO2/c1-4-18-30-22(10-1)23-11-2-5-19-31(23)37(30)32-20-9-17-29-28-16-8-15-27(35(28)39-36(29)32)26-14-7-13-25-24-12-3-6-21-33(24)38-34(25)26/h1-21H. The molecule has 0 spiro atoms. The summed E-state index contributed by atoms with van der Waals surface area (Å²) in [6.07, 6.45) is 0. The number of hydrogen-bond donors (Lipinski definition) is 0. The third kappa shape index (κ3) is 2.76. The van der Waals surface area contributed by atoms with Crippen LogP contribution in [0.15, 0.2) is 136 Å². The zero-order valence-corrected chi connectivity index (χ0v) is 20.9. The highest BCUT2D eigenvalue weighted by molar-refractivity contribution is 6.17. The number of hydrogen-bond acceptors (Lipinski definition) is 2. The highest BCUT2D eigenvalue weighted by Crippen LogP contribution is 2.43. The highest BCUT2D eigenvalue weighted by atomic mass is 16.3. The van der Waals surface area contributed by atoms with E-state index in [0.29, 0.717) is 0 Å². The summed E-state index contributed by atoms with van der Waals surface area (Å²) in [7, 11) is 0. The zero-order chi connectivity index (χ0) is 25.5. The molecule has 3 heteroatoms. The first-order chi connectivity index (χ1) is 19.4. The summed E-state index contributed by atoms with van der Waals surface area (Å²) >= 11 is 0. The van der Waals surface area contributed by atoms with Crippen molar-refractivity contribution in [2.24, 2.45) is 0 Å². The van der Waals surface area contributed by atoms with Gasteiger partial charge in [0.25, 0.3) is 0 Å². The van der Waals surface area contributed by atoms with E-state index >= 15 is 0 Å². The van der Waals surface area contributed by atoms with Crippen LogP contribution in [-0.2, 0) is 0 Å². The van der Waals surface area contributed by atoms with Crippen LogP contribution in [0.4, 0.5) is 0 Å². The molecule has 3 nitrogen and oxygen atoms in total. The molecule has 3 aromatic heterocycles. The van der Waals surface area contributed by atoms with Crippen LogP contribution >= 0.6 is 0 Å². The van der Waals surface area contributed by atoms with Crippen molar-refractivity contribution in [1.82, 2.24) is 4.57 Å². The first-order valence-corrected chi connectivity index (χ1v) is 13.2. The van der Waals surface area contributed by atoms with Gasteiger partial charge in [-0.1, -0.05) is 103 Å². The lowest BCUT2D eigenvalue weighted by molar-refractivity contribution is 0.663. The summed E-state index contributed by atoms with van der Waals surface area (Å²) in [4.78, 5) is 0. The van der Waals surface area contributed by atoms with Crippen LogP contribution in [0.25, 0.3) is 82.5 Å². The van der Waals surface area contributed by atoms with Gasteiger partial charge in [0.1, 0.15) is 16.7 Å². The fraction of sp³-hybridized carbons (Fsp3) is 0. The van der Waals surface area contributed by atoms with Crippen molar-refractivity contribution in [3.8, 4) is 16.8 Å². The van der Waals surface area contributed by atoms with Gasteiger partial charge in [0, 0.05) is 43.4 Å². The van der Waals surface area contributed by atoms with Gasteiger partial charge >= 0.3 is 0 Å². The maximum absolute atomic E-state index is 6.85. The van der Waals surface area contributed by atoms with Crippen LogP contribution in [0.1, 0.15) is 0 Å². The van der Waals surface area contributed by atoms with Gasteiger partial charge < -0.3 is 13.4 Å². The lowest BCUT2D eigenvalue weighted by atomic mass is 10.00. The van der Waals surface area contributed by atoms with Crippen LogP contribution in [-0.4, -0.2) is 4.57 Å². The molecule has 0 bridgehead atoms. The molecule has 6 aromatic carbocycles. The fourth-order valence-corrected chi connectivity index (χ4v) is 6.33. The molecule has 0 amide bonds. The maximum atomic E-state index is 6.85. The number of benzene rings is 6. The second kappa shape index (κ2) is 7.62. The number of para-hydroxylation sites is 6. The van der Waals surface area contributed by atoms with E-state index in [0.717, 1.165) is 60.7 Å². The Morgan fingerprint density at radius 3 is 1.54 bits per heavy atom. The van der Waals surface area contributed by atoms with E-state index in [9.17, 15) is 0 Å². The van der Waals surface area contributed by atoms with Crippen LogP contribution in [0.3, 0.4) is 0 Å². The normalized spacial score (nSPS) is 12.1. The third-order valence-electron chi connectivity index (χ3n) is 8.02. The summed E-state index contributed by atoms with van der Waals surface area (Å²) in [6.45, 7) is 0. The predicted molar refractivity (Wildman–Crippen MR) is 161 cm³/mol. The number of rotatable bonds is 2. The maximum Gasteiger partial charge on any atom is 0.159 e. The van der Waals surface area contributed by atoms with Crippen LogP contribution in [0.5, 0.6) is 0 Å². The molecule has 0 aliphatic heterocycles. The van der Waals surface area contributed by atoms with E-state index in [1.165, 1.54) is 21.8 Å². The molecule has 9 rings (SSSR count). The Bertz CT molecular complexity index is 2350. The van der Waals surface area contributed by atoms with Crippen molar-refractivity contribution >= 4 is 65.7 Å². The number of aromatic nitrogens is 1.